The quantitative estimate of drug-likeness (QED) is 0.148. The average molecular weight is 715 g/mol. The van der Waals surface area contributed by atoms with Crippen molar-refractivity contribution in [3.8, 4) is 0 Å². The number of amides is 3. The summed E-state index contributed by atoms with van der Waals surface area (Å²) in [6.45, 7) is 7.68. The van der Waals surface area contributed by atoms with Crippen LogP contribution in [0.3, 0.4) is 0 Å². The third-order valence-corrected chi connectivity index (χ3v) is 10.3. The van der Waals surface area contributed by atoms with E-state index in [-0.39, 0.29) is 57.6 Å². The van der Waals surface area contributed by atoms with E-state index in [0.717, 1.165) is 5.52 Å². The number of aromatic nitrogens is 3. The van der Waals surface area contributed by atoms with Crippen LogP contribution in [0.2, 0.25) is 0 Å². The number of carbonyl (C=O) groups is 4. The Labute approximate surface area is 302 Å². The summed E-state index contributed by atoms with van der Waals surface area (Å²) in [7, 11) is 1.50. The number of hydrogen-bond donors (Lipinski definition) is 2. The Morgan fingerprint density at radius 2 is 1.92 bits per heavy atom. The molecule has 3 aliphatic rings. The number of benzene rings is 2. The molecule has 3 amide bonds. The van der Waals surface area contributed by atoms with Crippen molar-refractivity contribution < 1.29 is 38.5 Å². The maximum Gasteiger partial charge on any atom is 0.313 e. The van der Waals surface area contributed by atoms with Gasteiger partial charge in [0.2, 0.25) is 17.7 Å². The number of carbonyl (C=O) groups excluding carboxylic acids is 4. The van der Waals surface area contributed by atoms with E-state index in [9.17, 15) is 24.3 Å². The molecule has 4 heterocycles. The largest absolute Gasteiger partial charge is 0.455 e. The highest BCUT2D eigenvalue weighted by atomic mass is 16.6. The van der Waals surface area contributed by atoms with Gasteiger partial charge in [-0.15, -0.1) is 18.3 Å². The fourth-order valence-electron chi connectivity index (χ4n) is 8.04. The molecule has 1 aromatic heterocycles. The Balaban J connectivity index is 1.31. The van der Waals surface area contributed by atoms with Crippen molar-refractivity contribution in [3.63, 3.8) is 0 Å². The van der Waals surface area contributed by atoms with Crippen LogP contribution in [0, 0.1) is 11.8 Å². The SMILES string of the molecule is C=CCCC(=O)N[C@H](COC)[C@H](OC(=O)[C@@H]1[C@H]2C(=O)N(CCCO)[C@H](C(=O)N(CC=C)Cn3nnc4ccccc43)[C@]23CC[C@H]1O3)c1ccccc1. The molecule has 1 spiro atoms. The minimum atomic E-state index is -1.30. The number of nitrogens with one attached hydrogen (secondary N) is 1. The molecule has 2 bridgehead atoms. The number of ether oxygens (including phenoxy) is 3. The molecule has 0 radical (unpaired) electrons. The van der Waals surface area contributed by atoms with Gasteiger partial charge in [-0.3, -0.25) is 19.2 Å². The molecule has 7 atom stereocenters. The molecule has 2 N–H and O–H groups in total. The van der Waals surface area contributed by atoms with E-state index in [1.54, 1.807) is 33.9 Å². The average Bonchev–Trinajstić information content (AvgIpc) is 3.91. The fraction of sp³-hybridized carbons (Fsp3) is 0.474. The number of nitrogens with zero attached hydrogens (tertiary/aromatic N) is 5. The molecule has 3 aromatic rings. The maximum atomic E-state index is 14.7. The molecule has 3 aliphatic heterocycles. The summed E-state index contributed by atoms with van der Waals surface area (Å²) >= 11 is 0. The third kappa shape index (κ3) is 6.97. The van der Waals surface area contributed by atoms with Gasteiger partial charge in [0.05, 0.1) is 36.1 Å². The van der Waals surface area contributed by atoms with Crippen molar-refractivity contribution in [2.24, 2.45) is 11.8 Å². The summed E-state index contributed by atoms with van der Waals surface area (Å²) in [6, 6.07) is 14.6. The van der Waals surface area contributed by atoms with E-state index in [2.05, 4.69) is 28.8 Å². The highest BCUT2D eigenvalue weighted by molar-refractivity contribution is 5.98. The number of rotatable bonds is 18. The number of esters is 1. The van der Waals surface area contributed by atoms with Crippen LogP contribution in [0.4, 0.5) is 0 Å². The Hall–Kier alpha value is -4.92. The van der Waals surface area contributed by atoms with Crippen molar-refractivity contribution >= 4 is 34.7 Å². The predicted octanol–water partition coefficient (Wildman–Crippen LogP) is 2.54. The Morgan fingerprint density at radius 1 is 1.15 bits per heavy atom. The molecule has 52 heavy (non-hydrogen) atoms. The van der Waals surface area contributed by atoms with Gasteiger partial charge in [0, 0.05) is 33.2 Å². The first-order chi connectivity index (χ1) is 25.3. The number of fused-ring (bicyclic) bond motifs is 2. The second-order valence-electron chi connectivity index (χ2n) is 13.5. The number of likely N-dealkylation sites (tertiary alicyclic amines) is 1. The smallest absolute Gasteiger partial charge is 0.313 e. The van der Waals surface area contributed by atoms with Crippen molar-refractivity contribution in [3.05, 3.63) is 85.5 Å². The van der Waals surface area contributed by atoms with Crippen LogP contribution in [-0.4, -0.2) is 111 Å². The van der Waals surface area contributed by atoms with Crippen LogP contribution in [0.25, 0.3) is 11.0 Å². The van der Waals surface area contributed by atoms with E-state index >= 15 is 0 Å². The minimum Gasteiger partial charge on any atom is -0.455 e. The van der Waals surface area contributed by atoms with Gasteiger partial charge in [-0.05, 0) is 43.4 Å². The van der Waals surface area contributed by atoms with E-state index in [1.807, 2.05) is 42.5 Å². The Morgan fingerprint density at radius 3 is 2.65 bits per heavy atom. The Bertz CT molecular complexity index is 1780. The number of allylic oxidation sites excluding steroid dienone is 1. The molecular weight excluding hydrogens is 668 g/mol. The lowest BCUT2D eigenvalue weighted by molar-refractivity contribution is -0.163. The van der Waals surface area contributed by atoms with Crippen molar-refractivity contribution in [2.75, 3.05) is 33.4 Å². The number of hydrogen-bond acceptors (Lipinski definition) is 10. The van der Waals surface area contributed by atoms with Gasteiger partial charge in [-0.2, -0.15) is 0 Å². The summed E-state index contributed by atoms with van der Waals surface area (Å²) in [5, 5.41) is 21.2. The number of aliphatic hydroxyl groups excluding tert-OH is 1. The molecule has 2 aromatic carbocycles. The van der Waals surface area contributed by atoms with E-state index in [4.69, 9.17) is 14.2 Å². The zero-order chi connectivity index (χ0) is 36.8. The first kappa shape index (κ1) is 36.9. The van der Waals surface area contributed by atoms with Crippen molar-refractivity contribution in [1.82, 2.24) is 30.1 Å². The molecule has 0 aliphatic carbocycles. The minimum absolute atomic E-state index is 0.0394. The lowest BCUT2D eigenvalue weighted by Gasteiger charge is -2.36. The molecule has 3 saturated heterocycles. The summed E-state index contributed by atoms with van der Waals surface area (Å²) in [4.78, 5) is 59.5. The van der Waals surface area contributed by atoms with Crippen molar-refractivity contribution in [1.29, 1.82) is 0 Å². The molecule has 0 saturated carbocycles. The van der Waals surface area contributed by atoms with Gasteiger partial charge >= 0.3 is 5.97 Å². The van der Waals surface area contributed by atoms with E-state index in [1.165, 1.54) is 12.0 Å². The normalized spacial score (nSPS) is 24.3. The predicted molar refractivity (Wildman–Crippen MR) is 189 cm³/mol. The van der Waals surface area contributed by atoms with Gasteiger partial charge in [0.25, 0.3) is 0 Å². The molecule has 14 heteroatoms. The standard InChI is InChI=1S/C38H46N6O8/c1-4-6-17-30(46)39-27(23-50-3)33(25-13-8-7-9-14-25)51-37(49)31-29-18-19-38(52-29)32(31)35(47)43(21-12-22-45)34(38)36(48)42(20-5-2)24-44-28-16-11-10-15-26(28)40-41-44/h4-5,7-11,13-16,27,29,31-34,45H,1-2,6,12,17-24H2,3H3,(H,39,46)/t27-,29-,31+,32+,33-,34-,38+/m1/s1. The van der Waals surface area contributed by atoms with Crippen LogP contribution in [0.1, 0.15) is 43.8 Å². The van der Waals surface area contributed by atoms with Gasteiger partial charge in [-0.25, -0.2) is 4.68 Å². The van der Waals surface area contributed by atoms with E-state index in [0.29, 0.717) is 30.3 Å². The lowest BCUT2D eigenvalue weighted by atomic mass is 9.70. The fourth-order valence-corrected chi connectivity index (χ4v) is 8.04. The molecule has 3 fully saturated rings. The zero-order valence-electron chi connectivity index (χ0n) is 29.3. The Kier molecular flexibility index (Phi) is 11.5. The van der Waals surface area contributed by atoms with Crippen molar-refractivity contribution in [2.45, 2.75) is 68.7 Å². The summed E-state index contributed by atoms with van der Waals surface area (Å²) < 4.78 is 20.0. The second kappa shape index (κ2) is 16.2. The van der Waals surface area contributed by atoms with Crippen LogP contribution < -0.4 is 5.32 Å². The first-order valence-electron chi connectivity index (χ1n) is 17.7. The van der Waals surface area contributed by atoms with Crippen LogP contribution in [0.5, 0.6) is 0 Å². The number of para-hydroxylation sites is 1. The summed E-state index contributed by atoms with van der Waals surface area (Å²) in [6.07, 6.45) is 3.36. The topological polar surface area (TPSA) is 165 Å². The molecule has 276 valence electrons. The van der Waals surface area contributed by atoms with Gasteiger partial charge in [0.15, 0.2) is 0 Å². The highest BCUT2D eigenvalue weighted by Crippen LogP contribution is 2.59. The summed E-state index contributed by atoms with van der Waals surface area (Å²) in [5.41, 5.74) is 0.744. The van der Waals surface area contributed by atoms with E-state index < -0.39 is 53.6 Å². The molecule has 6 rings (SSSR count). The lowest BCUT2D eigenvalue weighted by Crippen LogP contribution is -2.56. The van der Waals surface area contributed by atoms with Crippen LogP contribution >= 0.6 is 0 Å². The third-order valence-electron chi connectivity index (χ3n) is 10.3. The van der Waals surface area contributed by atoms with Gasteiger partial charge < -0.3 is 34.4 Å². The number of methoxy groups -OCH3 is 1. The molecular formula is C38H46N6O8. The molecule has 14 nitrogen and oxygen atoms in total. The second-order valence-corrected chi connectivity index (χ2v) is 13.5. The highest BCUT2D eigenvalue weighted by Gasteiger charge is 2.75. The zero-order valence-corrected chi connectivity index (χ0v) is 29.3. The number of aliphatic hydroxyl groups is 1. The first-order valence-corrected chi connectivity index (χ1v) is 17.7. The van der Waals surface area contributed by atoms with Crippen LogP contribution in [-0.2, 0) is 40.1 Å². The van der Waals surface area contributed by atoms with Crippen LogP contribution in [0.15, 0.2) is 79.9 Å². The monoisotopic (exact) mass is 714 g/mol. The van der Waals surface area contributed by atoms with Gasteiger partial charge in [0.1, 0.15) is 29.9 Å². The summed E-state index contributed by atoms with van der Waals surface area (Å²) in [5.74, 6) is -3.70. The molecule has 0 unspecified atom stereocenters. The van der Waals surface area contributed by atoms with Gasteiger partial charge in [-0.1, -0.05) is 59.8 Å². The maximum absolute atomic E-state index is 14.7.